The number of fused-ring (bicyclic) bond motifs is 3. The lowest BCUT2D eigenvalue weighted by molar-refractivity contribution is 0.00578. The van der Waals surface area contributed by atoms with Crippen molar-refractivity contribution in [2.75, 3.05) is 114 Å². The number of benzene rings is 11. The third-order valence-corrected chi connectivity index (χ3v) is 25.1. The summed E-state index contributed by atoms with van der Waals surface area (Å²) >= 11 is 16.8. The molecule has 0 amide bonds. The second kappa shape index (κ2) is 63.7. The number of methoxy groups -OCH3 is 16. The smallest absolute Gasteiger partial charge is 0.495 e. The Hall–Kier alpha value is -13.5. The minimum atomic E-state index is -1.72. The van der Waals surface area contributed by atoms with Crippen LogP contribution >= 0.6 is 79.6 Å². The molecule has 0 spiro atoms. The molecule has 13 rings (SSSR count). The molecule has 774 valence electrons. The van der Waals surface area contributed by atoms with Gasteiger partial charge in [-0.3, -0.25) is 4.79 Å². The Balaban J connectivity index is 0.000000345. The Kier molecular flexibility index (Phi) is 54.5. The summed E-state index contributed by atoms with van der Waals surface area (Å²) in [7, 11) is 19.6. The zero-order valence-electron chi connectivity index (χ0n) is 83.0. The van der Waals surface area contributed by atoms with Gasteiger partial charge in [-0.15, -0.1) is 0 Å². The number of rotatable bonds is 27. The van der Waals surface area contributed by atoms with Gasteiger partial charge in [0.1, 0.15) is 63.2 Å². The Morgan fingerprint density at radius 3 is 1.00 bits per heavy atom. The fourth-order valence-corrected chi connectivity index (χ4v) is 15.4. The minimum Gasteiger partial charge on any atom is -0.497 e. The highest BCUT2D eigenvalue weighted by molar-refractivity contribution is 9.11. The molecule has 1 saturated heterocycles. The normalized spacial score (nSPS) is 11.4. The van der Waals surface area contributed by atoms with E-state index in [1.807, 2.05) is 125 Å². The minimum absolute atomic E-state index is 0. The van der Waals surface area contributed by atoms with Gasteiger partial charge < -0.3 is 105 Å². The van der Waals surface area contributed by atoms with E-state index in [0.717, 1.165) is 92.7 Å². The molecule has 4 N–H and O–H groups in total. The summed E-state index contributed by atoms with van der Waals surface area (Å²) in [4.78, 5) is 78.4. The highest BCUT2D eigenvalue weighted by atomic mass is 79.9. The van der Waals surface area contributed by atoms with E-state index in [1.54, 1.807) is 124 Å². The SMILES string of the molecule is C.COC(=O)c1cc(OC)ccc1-c1ccc(OC)cc1CN=[N+]=[N-].COC(=O)c1cc(OC)ccc1B(O)O.COC(=O)c1cc(OC)ccc1B(O)O.COC(=O)c1cc(OC)ccc1B1OC(C)(C)C(C)(C)O1.COC(=O)c1cc(OC)ccc1Br.COc1ccc(Br)c(CBr)c1.COc1ccc(Br)c(CN=[N+]=[N-])c1.COc1ccc(Br)c(CN=[N+]=[N-])c1.COc1ccc2c(c1)CCC(=O)c1cc(OC)ccc1-2. The first-order valence-electron chi connectivity index (χ1n) is 43.0. The molecule has 2 aliphatic rings. The summed E-state index contributed by atoms with van der Waals surface area (Å²) in [6.45, 7) is 8.66. The summed E-state index contributed by atoms with van der Waals surface area (Å²) in [5, 5.41) is 47.5. The lowest BCUT2D eigenvalue weighted by Gasteiger charge is -2.32. The van der Waals surface area contributed by atoms with Gasteiger partial charge in [-0.25, -0.2) is 24.0 Å². The van der Waals surface area contributed by atoms with Gasteiger partial charge in [-0.05, 0) is 303 Å². The van der Waals surface area contributed by atoms with Gasteiger partial charge >= 0.3 is 51.2 Å². The predicted octanol–water partition coefficient (Wildman–Crippen LogP) is 20.3. The molecule has 0 unspecified atom stereocenters. The number of Topliss-reactive ketones (excluding diaryl/α,β-unsaturated/α-hetero) is 1. The average Bonchev–Trinajstić information content (AvgIpc) is 1.61. The summed E-state index contributed by atoms with van der Waals surface area (Å²) in [5.74, 6) is 4.79. The lowest BCUT2D eigenvalue weighted by atomic mass is 9.76. The lowest BCUT2D eigenvalue weighted by Crippen LogP contribution is -2.41. The zero-order chi connectivity index (χ0) is 108. The third-order valence-electron chi connectivity index (χ3n) is 21.4. The van der Waals surface area contributed by atoms with E-state index in [4.69, 9.17) is 108 Å². The van der Waals surface area contributed by atoms with Crippen LogP contribution in [0.2, 0.25) is 0 Å². The summed E-state index contributed by atoms with van der Waals surface area (Å²) in [6.07, 6.45) is 1.25. The second-order valence-electron chi connectivity index (χ2n) is 30.5. The number of nitrogens with zero attached hydrogens (tertiary/aromatic N) is 9. The number of ether oxygens (including phenoxy) is 16. The Labute approximate surface area is 889 Å². The highest BCUT2D eigenvalue weighted by Crippen LogP contribution is 2.40. The van der Waals surface area contributed by atoms with E-state index in [1.165, 1.54) is 98.8 Å². The summed E-state index contributed by atoms with van der Waals surface area (Å²) < 4.78 is 94.9. The molecule has 45 heteroatoms. The topological polar surface area (TPSA) is 496 Å². The van der Waals surface area contributed by atoms with Crippen LogP contribution < -0.4 is 68.5 Å². The van der Waals surface area contributed by atoms with Crippen LogP contribution in [0.15, 0.2) is 233 Å². The molecule has 0 radical (unpaired) electrons. The monoisotopic (exact) mass is 2330 g/mol. The summed E-state index contributed by atoms with van der Waals surface area (Å²) in [6, 6.07) is 58.1. The van der Waals surface area contributed by atoms with Crippen molar-refractivity contribution in [3.63, 3.8) is 0 Å². The van der Waals surface area contributed by atoms with Crippen molar-refractivity contribution in [3.8, 4) is 85.5 Å². The predicted molar refractivity (Wildman–Crippen MR) is 574 cm³/mol. The maximum absolute atomic E-state index is 12.3. The number of esters is 5. The Morgan fingerprint density at radius 1 is 0.336 bits per heavy atom. The number of halogens is 5. The van der Waals surface area contributed by atoms with Gasteiger partial charge in [-0.1, -0.05) is 117 Å². The van der Waals surface area contributed by atoms with Crippen LogP contribution in [0.4, 0.5) is 0 Å². The Morgan fingerprint density at radius 2 is 0.616 bits per heavy atom. The van der Waals surface area contributed by atoms with Crippen molar-refractivity contribution in [2.24, 2.45) is 15.3 Å². The molecule has 11 aromatic rings. The van der Waals surface area contributed by atoms with Gasteiger partial charge in [0.15, 0.2) is 5.78 Å². The highest BCUT2D eigenvalue weighted by Gasteiger charge is 2.53. The molecular formula is C101H113B3Br5N9O28. The number of hydrogen-bond acceptors (Lipinski definition) is 31. The van der Waals surface area contributed by atoms with Crippen molar-refractivity contribution >= 4 is 153 Å². The molecule has 0 aromatic heterocycles. The van der Waals surface area contributed by atoms with Crippen molar-refractivity contribution < 1.29 is 134 Å². The molecule has 1 fully saturated rings. The van der Waals surface area contributed by atoms with Crippen LogP contribution in [0.1, 0.15) is 132 Å². The number of azide groups is 3. The molecule has 37 nitrogen and oxygen atoms in total. The molecule has 146 heavy (non-hydrogen) atoms. The molecule has 1 heterocycles. The first-order chi connectivity index (χ1) is 69.3. The van der Waals surface area contributed by atoms with Crippen molar-refractivity contribution in [3.05, 3.63) is 311 Å². The number of alkyl halides is 1. The van der Waals surface area contributed by atoms with Gasteiger partial charge in [0.25, 0.3) is 0 Å². The van der Waals surface area contributed by atoms with E-state index in [-0.39, 0.29) is 47.8 Å². The number of hydrogen-bond donors (Lipinski definition) is 4. The number of ketones is 1. The molecule has 1 aliphatic heterocycles. The van der Waals surface area contributed by atoms with Crippen molar-refractivity contribution in [1.29, 1.82) is 0 Å². The van der Waals surface area contributed by atoms with E-state index in [0.29, 0.717) is 91.9 Å². The zero-order valence-corrected chi connectivity index (χ0v) is 91.0. The first kappa shape index (κ1) is 125. The fraction of sp³-hybridized carbons (Fsp3) is 0.287. The van der Waals surface area contributed by atoms with Crippen molar-refractivity contribution in [1.82, 2.24) is 0 Å². The summed E-state index contributed by atoms with van der Waals surface area (Å²) in [5.41, 5.74) is 35.3. The van der Waals surface area contributed by atoms with Gasteiger partial charge in [0.2, 0.25) is 0 Å². The Bertz CT molecular complexity index is 6240. The standard InChI is InChI=1S/C17H17N3O4.C17H16O3.C15H21BO5.2C9H11BO5.C9H9BrO3.C8H8Br2O.2C8H8BrN3O.CH4/c1-22-12-4-6-14(11(8-12)10-19-20-18)15-7-5-13(23-2)9-16(15)17(21)24-3;1-19-12-4-6-14-11(9-12)3-8-17(18)16-10-13(20-2)5-7-15(14)16;1-14(2)15(3,4)21-16(20-14)12-8-7-10(18-5)9-11(12)13(17)19-6;2*1-14-6-3-4-8(10(12)13)7(5-6)9(11)15-2;1-12-6-3-4-8(10)7(5-6)9(11)13-2;1-11-7-2-3-8(10)6(4-7)5-9;2*1-13-7-2-3-8(9)6(4-7)5-11-12-10;/h4-9H,10H2,1-3H3;4-7,9-10H,3,8H2,1-2H3;7-9H,1-6H3;2*3-5,12-13H,1-2H3;3-5H,1-2H3;2-4H,5H2,1H3;2*2-4H,5H2,1H3;1H4. The third kappa shape index (κ3) is 36.9. The van der Waals surface area contributed by atoms with Crippen LogP contribution in [-0.2, 0) is 64.4 Å². The number of carbonyl (C=O) groups excluding carboxylic acids is 6. The second-order valence-corrected chi connectivity index (χ2v) is 34.4. The quantitative estimate of drug-likeness (QED) is 0.00706. The van der Waals surface area contributed by atoms with E-state index < -0.39 is 56.4 Å². The van der Waals surface area contributed by atoms with Crippen LogP contribution in [0, 0.1) is 0 Å². The molecule has 1 aliphatic carbocycles. The molecular weight excluding hydrogens is 2220 g/mol. The van der Waals surface area contributed by atoms with Gasteiger partial charge in [0.05, 0.1) is 172 Å². The largest absolute Gasteiger partial charge is 0.497 e. The fourth-order valence-electron chi connectivity index (χ4n) is 13.0. The van der Waals surface area contributed by atoms with E-state index in [9.17, 15) is 28.8 Å². The van der Waals surface area contributed by atoms with Gasteiger partial charge in [-0.2, -0.15) is 0 Å². The van der Waals surface area contributed by atoms with Crippen LogP contribution in [-0.4, -0.2) is 202 Å². The average molecular weight is 2330 g/mol. The van der Waals surface area contributed by atoms with E-state index in [2.05, 4.69) is 124 Å². The van der Waals surface area contributed by atoms with E-state index >= 15 is 0 Å². The van der Waals surface area contributed by atoms with Crippen LogP contribution in [0.3, 0.4) is 0 Å². The van der Waals surface area contributed by atoms with Crippen LogP contribution in [0.5, 0.6) is 63.2 Å². The first-order valence-corrected chi connectivity index (χ1v) is 47.3. The van der Waals surface area contributed by atoms with Gasteiger partial charge in [0, 0.05) is 49.9 Å². The van der Waals surface area contributed by atoms with Crippen molar-refractivity contribution in [2.45, 2.75) is 84.1 Å². The number of carbonyl (C=O) groups is 6. The molecule has 0 saturated carbocycles. The number of aryl methyl sites for hydroxylation is 1. The molecule has 0 atom stereocenters. The molecule has 11 aromatic carbocycles. The maximum Gasteiger partial charge on any atom is 0.495 e. The maximum atomic E-state index is 12.3. The van der Waals surface area contributed by atoms with Crippen LogP contribution in [0.25, 0.3) is 53.6 Å². The molecule has 0 bridgehead atoms.